The minimum absolute atomic E-state index is 0.150. The van der Waals surface area contributed by atoms with Gasteiger partial charge in [-0.2, -0.15) is 13.2 Å². The van der Waals surface area contributed by atoms with Crippen LogP contribution in [0.4, 0.5) is 23.2 Å². The zero-order valence-corrected chi connectivity index (χ0v) is 15.3. The first-order chi connectivity index (χ1) is 13.2. The summed E-state index contributed by atoms with van der Waals surface area (Å²) in [7, 11) is 0. The molecule has 3 N–H and O–H groups in total. The minimum Gasteiger partial charge on any atom is -0.351 e. The molecule has 0 spiro atoms. The van der Waals surface area contributed by atoms with Gasteiger partial charge in [0.1, 0.15) is 5.82 Å². The van der Waals surface area contributed by atoms with E-state index in [4.69, 9.17) is 12.2 Å². The average Bonchev–Trinajstić information content (AvgIpc) is 2.61. The summed E-state index contributed by atoms with van der Waals surface area (Å²) in [6.45, 7) is 1.59. The van der Waals surface area contributed by atoms with Crippen LogP contribution in [0.5, 0.6) is 0 Å². The number of benzene rings is 2. The average molecular weight is 409 g/mol. The summed E-state index contributed by atoms with van der Waals surface area (Å²) >= 11 is 5.11. The zero-order chi connectivity index (χ0) is 20.5. The van der Waals surface area contributed by atoms with Crippen LogP contribution in [0.2, 0.25) is 0 Å². The predicted molar refractivity (Wildman–Crippen MR) is 101 cm³/mol. The first-order valence-electron chi connectivity index (χ1n) is 8.18. The molecule has 1 aliphatic heterocycles. The molecule has 0 fully saturated rings. The monoisotopic (exact) mass is 409 g/mol. The molecule has 2 aromatic carbocycles. The van der Waals surface area contributed by atoms with Gasteiger partial charge in [-0.3, -0.25) is 4.79 Å². The van der Waals surface area contributed by atoms with E-state index in [1.165, 1.54) is 42.5 Å². The number of hydrogen-bond donors (Lipinski definition) is 3. The Balaban J connectivity index is 1.98. The Hall–Kier alpha value is -2.94. The maximum Gasteiger partial charge on any atom is 0.418 e. The Bertz CT molecular complexity index is 954. The summed E-state index contributed by atoms with van der Waals surface area (Å²) in [6.07, 6.45) is -4.62. The smallest absolute Gasteiger partial charge is 0.351 e. The van der Waals surface area contributed by atoms with Gasteiger partial charge in [0.25, 0.3) is 5.91 Å². The highest BCUT2D eigenvalue weighted by molar-refractivity contribution is 7.80. The first-order valence-corrected chi connectivity index (χ1v) is 8.59. The third kappa shape index (κ3) is 4.14. The second-order valence-corrected chi connectivity index (χ2v) is 6.53. The Kier molecular flexibility index (Phi) is 5.37. The molecule has 28 heavy (non-hydrogen) atoms. The lowest BCUT2D eigenvalue weighted by molar-refractivity contribution is -0.137. The molecule has 0 aromatic heterocycles. The third-order valence-electron chi connectivity index (χ3n) is 4.20. The van der Waals surface area contributed by atoms with Gasteiger partial charge in [0.2, 0.25) is 0 Å². The van der Waals surface area contributed by atoms with E-state index in [1.54, 1.807) is 6.92 Å². The lowest BCUT2D eigenvalue weighted by Crippen LogP contribution is -2.45. The number of allylic oxidation sites excluding steroid dienone is 1. The van der Waals surface area contributed by atoms with Gasteiger partial charge >= 0.3 is 6.18 Å². The predicted octanol–water partition coefficient (Wildman–Crippen LogP) is 4.28. The fourth-order valence-corrected chi connectivity index (χ4v) is 3.20. The van der Waals surface area contributed by atoms with Gasteiger partial charge in [-0.1, -0.05) is 24.3 Å². The third-order valence-corrected chi connectivity index (χ3v) is 4.42. The summed E-state index contributed by atoms with van der Waals surface area (Å²) in [5.41, 5.74) is -0.227. The van der Waals surface area contributed by atoms with Crippen LogP contribution in [-0.4, -0.2) is 11.0 Å². The van der Waals surface area contributed by atoms with Crippen molar-refractivity contribution in [1.29, 1.82) is 0 Å². The second kappa shape index (κ2) is 7.59. The van der Waals surface area contributed by atoms with E-state index < -0.39 is 29.5 Å². The number of carbonyl (C=O) groups is 1. The van der Waals surface area contributed by atoms with Crippen molar-refractivity contribution in [3.05, 3.63) is 76.7 Å². The fourth-order valence-electron chi connectivity index (χ4n) is 2.93. The molecule has 0 unspecified atom stereocenters. The number of carbonyl (C=O) groups excluding carboxylic acids is 1. The summed E-state index contributed by atoms with van der Waals surface area (Å²) in [5, 5.41) is 8.27. The lowest BCUT2D eigenvalue weighted by Gasteiger charge is -2.30. The molecule has 0 aliphatic carbocycles. The fraction of sp³-hybridized carbons (Fsp3) is 0.158. The van der Waals surface area contributed by atoms with Crippen molar-refractivity contribution in [3.8, 4) is 0 Å². The Morgan fingerprint density at radius 1 is 1.11 bits per heavy atom. The molecule has 0 saturated heterocycles. The molecule has 1 atom stereocenters. The van der Waals surface area contributed by atoms with Crippen molar-refractivity contribution in [2.24, 2.45) is 0 Å². The van der Waals surface area contributed by atoms with E-state index in [1.807, 2.05) is 0 Å². The SMILES string of the molecule is CC1=C(C(=O)Nc2ccccc2C(F)(F)F)[C@H](c2ccc(F)cc2)NC(=S)N1. The van der Waals surface area contributed by atoms with Crippen LogP contribution in [-0.2, 0) is 11.0 Å². The van der Waals surface area contributed by atoms with Crippen molar-refractivity contribution >= 4 is 28.9 Å². The highest BCUT2D eigenvalue weighted by atomic mass is 32.1. The number of anilines is 1. The minimum atomic E-state index is -4.62. The quantitative estimate of drug-likeness (QED) is 0.523. The maximum atomic E-state index is 13.3. The summed E-state index contributed by atoms with van der Waals surface area (Å²) in [4.78, 5) is 12.9. The lowest BCUT2D eigenvalue weighted by atomic mass is 9.94. The van der Waals surface area contributed by atoms with Crippen molar-refractivity contribution in [1.82, 2.24) is 10.6 Å². The van der Waals surface area contributed by atoms with Crippen LogP contribution in [0.3, 0.4) is 0 Å². The maximum absolute atomic E-state index is 13.3. The molecule has 1 aliphatic rings. The van der Waals surface area contributed by atoms with Crippen LogP contribution in [0.15, 0.2) is 59.8 Å². The van der Waals surface area contributed by atoms with Gasteiger partial charge in [0.15, 0.2) is 5.11 Å². The number of halogens is 4. The molecule has 0 bridgehead atoms. The van der Waals surface area contributed by atoms with E-state index in [0.717, 1.165) is 6.07 Å². The molecule has 1 heterocycles. The molecular weight excluding hydrogens is 394 g/mol. The van der Waals surface area contributed by atoms with Crippen molar-refractivity contribution in [3.63, 3.8) is 0 Å². The Morgan fingerprint density at radius 2 is 1.75 bits per heavy atom. The van der Waals surface area contributed by atoms with Crippen molar-refractivity contribution < 1.29 is 22.4 Å². The topological polar surface area (TPSA) is 53.2 Å². The van der Waals surface area contributed by atoms with Crippen LogP contribution < -0.4 is 16.0 Å². The normalized spacial score (nSPS) is 17.0. The van der Waals surface area contributed by atoms with E-state index in [9.17, 15) is 22.4 Å². The van der Waals surface area contributed by atoms with E-state index in [-0.39, 0.29) is 16.4 Å². The van der Waals surface area contributed by atoms with Gasteiger partial charge < -0.3 is 16.0 Å². The largest absolute Gasteiger partial charge is 0.418 e. The molecule has 0 radical (unpaired) electrons. The molecule has 1 amide bonds. The van der Waals surface area contributed by atoms with Crippen LogP contribution in [0.25, 0.3) is 0 Å². The van der Waals surface area contributed by atoms with Gasteiger partial charge in [-0.25, -0.2) is 4.39 Å². The Morgan fingerprint density at radius 3 is 2.39 bits per heavy atom. The van der Waals surface area contributed by atoms with Crippen LogP contribution in [0, 0.1) is 5.82 Å². The molecule has 146 valence electrons. The first kappa shape index (κ1) is 19.8. The second-order valence-electron chi connectivity index (χ2n) is 6.12. The number of thiocarbonyl (C=S) groups is 1. The van der Waals surface area contributed by atoms with Gasteiger partial charge in [-0.15, -0.1) is 0 Å². The number of nitrogens with one attached hydrogen (secondary N) is 3. The van der Waals surface area contributed by atoms with E-state index in [2.05, 4.69) is 16.0 Å². The molecule has 2 aromatic rings. The van der Waals surface area contributed by atoms with E-state index in [0.29, 0.717) is 11.3 Å². The van der Waals surface area contributed by atoms with Gasteiger partial charge in [-0.05, 0) is 49.0 Å². The van der Waals surface area contributed by atoms with Gasteiger partial charge in [0, 0.05) is 5.70 Å². The molecule has 4 nitrogen and oxygen atoms in total. The number of hydrogen-bond acceptors (Lipinski definition) is 2. The van der Waals surface area contributed by atoms with Crippen LogP contribution >= 0.6 is 12.2 Å². The van der Waals surface area contributed by atoms with E-state index >= 15 is 0 Å². The van der Waals surface area contributed by atoms with Crippen molar-refractivity contribution in [2.75, 3.05) is 5.32 Å². The number of para-hydroxylation sites is 1. The summed E-state index contributed by atoms with van der Waals surface area (Å²) in [6, 6.07) is 9.38. The molecule has 0 saturated carbocycles. The number of amides is 1. The Labute approximate surface area is 163 Å². The highest BCUT2D eigenvalue weighted by Crippen LogP contribution is 2.35. The zero-order valence-electron chi connectivity index (χ0n) is 14.5. The summed E-state index contributed by atoms with van der Waals surface area (Å²) in [5.74, 6) is -1.18. The summed E-state index contributed by atoms with van der Waals surface area (Å²) < 4.78 is 52.9. The molecular formula is C19H15F4N3OS. The number of rotatable bonds is 3. The molecule has 3 rings (SSSR count). The number of alkyl halides is 3. The van der Waals surface area contributed by atoms with Crippen molar-refractivity contribution in [2.45, 2.75) is 19.1 Å². The van der Waals surface area contributed by atoms with Gasteiger partial charge in [0.05, 0.1) is 22.9 Å². The standard InChI is InChI=1S/C19H15F4N3OS/c1-10-15(16(26-18(28)24-10)11-6-8-12(20)9-7-11)17(27)25-14-5-3-2-4-13(14)19(21,22)23/h2-9,16H,1H3,(H,25,27)(H2,24,26,28)/t16-/m0/s1. The highest BCUT2D eigenvalue weighted by Gasteiger charge is 2.35. The molecule has 9 heteroatoms. The van der Waals surface area contributed by atoms with Crippen LogP contribution in [0.1, 0.15) is 24.1 Å².